The quantitative estimate of drug-likeness (QED) is 0.785. The van der Waals surface area contributed by atoms with Crippen molar-refractivity contribution >= 4 is 34.5 Å². The summed E-state index contributed by atoms with van der Waals surface area (Å²) in [4.78, 5) is 25.2. The number of benzene rings is 1. The van der Waals surface area contributed by atoms with Gasteiger partial charge < -0.3 is 14.7 Å². The van der Waals surface area contributed by atoms with Crippen molar-refractivity contribution in [1.29, 1.82) is 0 Å². The van der Waals surface area contributed by atoms with Gasteiger partial charge >= 0.3 is 5.97 Å². The van der Waals surface area contributed by atoms with Gasteiger partial charge in [0.05, 0.1) is 12.6 Å². The molecule has 2 rings (SSSR count). The number of ether oxygens (including phenoxy) is 1. The third-order valence-corrected chi connectivity index (χ3v) is 4.49. The fraction of sp³-hybridized carbons (Fsp3) is 0.429. The number of amides is 1. The number of nitrogens with zero attached hydrogens (tertiary/aromatic N) is 1. The van der Waals surface area contributed by atoms with Gasteiger partial charge in [0.25, 0.3) is 5.91 Å². The number of morpholine rings is 1. The lowest BCUT2D eigenvalue weighted by Crippen LogP contribution is -2.51. The van der Waals surface area contributed by atoms with Crippen LogP contribution in [0.1, 0.15) is 22.8 Å². The molecular formula is C14H16INO4. The minimum Gasteiger partial charge on any atom is -0.479 e. The molecule has 0 aliphatic carbocycles. The molecule has 0 spiro atoms. The highest BCUT2D eigenvalue weighted by Crippen LogP contribution is 2.20. The number of aliphatic carboxylic acids is 1. The Labute approximate surface area is 131 Å². The molecule has 2 atom stereocenters. The van der Waals surface area contributed by atoms with Crippen LogP contribution >= 0.6 is 22.6 Å². The van der Waals surface area contributed by atoms with Crippen LogP contribution in [-0.4, -0.2) is 47.2 Å². The van der Waals surface area contributed by atoms with E-state index in [1.165, 1.54) is 0 Å². The summed E-state index contributed by atoms with van der Waals surface area (Å²) in [6.45, 7) is 4.17. The molecule has 0 radical (unpaired) electrons. The summed E-state index contributed by atoms with van der Waals surface area (Å²) in [7, 11) is 0. The fourth-order valence-corrected chi connectivity index (χ4v) is 2.76. The number of carbonyl (C=O) groups is 2. The highest BCUT2D eigenvalue weighted by molar-refractivity contribution is 14.1. The molecule has 1 fully saturated rings. The first kappa shape index (κ1) is 15.2. The summed E-state index contributed by atoms with van der Waals surface area (Å²) in [5.41, 5.74) is 1.54. The zero-order valence-electron chi connectivity index (χ0n) is 11.3. The highest BCUT2D eigenvalue weighted by Gasteiger charge is 2.33. The molecule has 1 saturated heterocycles. The summed E-state index contributed by atoms with van der Waals surface area (Å²) in [6, 6.07) is 5.55. The zero-order valence-corrected chi connectivity index (χ0v) is 13.5. The fourth-order valence-electron chi connectivity index (χ4n) is 2.26. The smallest absolute Gasteiger partial charge is 0.334 e. The standard InChI is InChI=1S/C14H16INO4/c1-8-6-16(7-12(20-8)14(18)19)13(17)10-4-3-5-11(15)9(10)2/h3-5,8,12H,6-7H2,1-2H3,(H,18,19)/t8-,12?/m1/s1. The van der Waals surface area contributed by atoms with Gasteiger partial charge in [-0.2, -0.15) is 0 Å². The second kappa shape index (κ2) is 6.09. The largest absolute Gasteiger partial charge is 0.479 e. The van der Waals surface area contributed by atoms with Gasteiger partial charge in [0, 0.05) is 15.7 Å². The second-order valence-corrected chi connectivity index (χ2v) is 6.06. The van der Waals surface area contributed by atoms with E-state index in [1.54, 1.807) is 17.9 Å². The van der Waals surface area contributed by atoms with E-state index < -0.39 is 12.1 Å². The first-order valence-corrected chi connectivity index (χ1v) is 7.40. The zero-order chi connectivity index (χ0) is 14.9. The van der Waals surface area contributed by atoms with Crippen LogP contribution in [0, 0.1) is 10.5 Å². The molecule has 1 unspecified atom stereocenters. The third kappa shape index (κ3) is 3.12. The Morgan fingerprint density at radius 3 is 2.75 bits per heavy atom. The van der Waals surface area contributed by atoms with E-state index in [1.807, 2.05) is 19.1 Å². The molecular weight excluding hydrogens is 373 g/mol. The Hall–Kier alpha value is -1.15. The molecule has 20 heavy (non-hydrogen) atoms. The van der Waals surface area contributed by atoms with Gasteiger partial charge in [0.15, 0.2) is 6.10 Å². The molecule has 1 N–H and O–H groups in total. The normalized spacial score (nSPS) is 22.6. The number of rotatable bonds is 2. The van der Waals surface area contributed by atoms with Gasteiger partial charge in [-0.25, -0.2) is 4.79 Å². The Balaban J connectivity index is 2.24. The molecule has 6 heteroatoms. The maximum Gasteiger partial charge on any atom is 0.334 e. The van der Waals surface area contributed by atoms with Crippen LogP contribution in [0.2, 0.25) is 0 Å². The lowest BCUT2D eigenvalue weighted by atomic mass is 10.1. The van der Waals surface area contributed by atoms with Crippen LogP contribution in [0.4, 0.5) is 0 Å². The molecule has 0 aromatic heterocycles. The summed E-state index contributed by atoms with van der Waals surface area (Å²) < 4.78 is 6.34. The van der Waals surface area contributed by atoms with Crippen LogP contribution in [0.5, 0.6) is 0 Å². The predicted molar refractivity (Wildman–Crippen MR) is 81.8 cm³/mol. The van der Waals surface area contributed by atoms with Crippen LogP contribution in [0.3, 0.4) is 0 Å². The van der Waals surface area contributed by atoms with Crippen molar-refractivity contribution in [1.82, 2.24) is 4.90 Å². The highest BCUT2D eigenvalue weighted by atomic mass is 127. The monoisotopic (exact) mass is 389 g/mol. The van der Waals surface area contributed by atoms with Gasteiger partial charge in [-0.1, -0.05) is 6.07 Å². The molecule has 108 valence electrons. The molecule has 1 aliphatic rings. The molecule has 1 aliphatic heterocycles. The van der Waals surface area contributed by atoms with E-state index in [9.17, 15) is 9.59 Å². The Morgan fingerprint density at radius 2 is 2.10 bits per heavy atom. The van der Waals surface area contributed by atoms with Crippen molar-refractivity contribution in [3.63, 3.8) is 0 Å². The Kier molecular flexibility index (Phi) is 4.64. The van der Waals surface area contributed by atoms with Gasteiger partial charge in [-0.3, -0.25) is 4.79 Å². The van der Waals surface area contributed by atoms with E-state index in [-0.39, 0.29) is 18.6 Å². The molecule has 1 heterocycles. The number of carboxylic acid groups (broad SMARTS) is 1. The average Bonchev–Trinajstić information content (AvgIpc) is 2.40. The van der Waals surface area contributed by atoms with E-state index >= 15 is 0 Å². The van der Waals surface area contributed by atoms with Crippen molar-refractivity contribution in [2.45, 2.75) is 26.1 Å². The number of carbonyl (C=O) groups excluding carboxylic acids is 1. The first-order valence-electron chi connectivity index (χ1n) is 6.32. The molecule has 5 nitrogen and oxygen atoms in total. The number of hydrogen-bond donors (Lipinski definition) is 1. The predicted octanol–water partition coefficient (Wildman–Crippen LogP) is 1.91. The number of hydrogen-bond acceptors (Lipinski definition) is 3. The molecule has 1 aromatic carbocycles. The maximum atomic E-state index is 12.6. The summed E-state index contributed by atoms with van der Waals surface area (Å²) in [5.74, 6) is -1.17. The first-order chi connectivity index (χ1) is 9.40. The van der Waals surface area contributed by atoms with E-state index in [4.69, 9.17) is 9.84 Å². The minimum atomic E-state index is -1.03. The van der Waals surface area contributed by atoms with Crippen molar-refractivity contribution in [2.75, 3.05) is 13.1 Å². The molecule has 1 aromatic rings. The Bertz CT molecular complexity index is 546. The van der Waals surface area contributed by atoms with Crippen molar-refractivity contribution in [3.05, 3.63) is 32.9 Å². The summed E-state index contributed by atoms with van der Waals surface area (Å²) in [5, 5.41) is 9.06. The van der Waals surface area contributed by atoms with E-state index in [0.717, 1.165) is 9.13 Å². The summed E-state index contributed by atoms with van der Waals surface area (Å²) >= 11 is 2.18. The molecule has 1 amide bonds. The van der Waals surface area contributed by atoms with E-state index in [0.29, 0.717) is 12.1 Å². The summed E-state index contributed by atoms with van der Waals surface area (Å²) in [6.07, 6.45) is -1.23. The molecule has 0 bridgehead atoms. The Morgan fingerprint density at radius 1 is 1.40 bits per heavy atom. The number of halogens is 1. The van der Waals surface area contributed by atoms with Crippen LogP contribution < -0.4 is 0 Å². The van der Waals surface area contributed by atoms with Gasteiger partial charge in [0.2, 0.25) is 0 Å². The van der Waals surface area contributed by atoms with Crippen molar-refractivity contribution in [3.8, 4) is 0 Å². The average molecular weight is 389 g/mol. The van der Waals surface area contributed by atoms with Crippen molar-refractivity contribution < 1.29 is 19.4 Å². The second-order valence-electron chi connectivity index (χ2n) is 4.90. The topological polar surface area (TPSA) is 66.8 Å². The third-order valence-electron chi connectivity index (χ3n) is 3.32. The molecule has 0 saturated carbocycles. The van der Waals surface area contributed by atoms with Gasteiger partial charge in [0.1, 0.15) is 0 Å². The SMILES string of the molecule is Cc1c(I)cccc1C(=O)N1CC(C(=O)O)O[C@H](C)C1. The lowest BCUT2D eigenvalue weighted by molar-refractivity contribution is -0.160. The lowest BCUT2D eigenvalue weighted by Gasteiger charge is -2.35. The maximum absolute atomic E-state index is 12.6. The number of carboxylic acids is 1. The van der Waals surface area contributed by atoms with Gasteiger partial charge in [-0.05, 0) is 54.1 Å². The van der Waals surface area contributed by atoms with Crippen LogP contribution in [0.25, 0.3) is 0 Å². The van der Waals surface area contributed by atoms with Crippen LogP contribution in [-0.2, 0) is 9.53 Å². The minimum absolute atomic E-state index is 0.0867. The van der Waals surface area contributed by atoms with Crippen LogP contribution in [0.15, 0.2) is 18.2 Å². The van der Waals surface area contributed by atoms with E-state index in [2.05, 4.69) is 22.6 Å². The van der Waals surface area contributed by atoms with Crippen molar-refractivity contribution in [2.24, 2.45) is 0 Å². The van der Waals surface area contributed by atoms with Gasteiger partial charge in [-0.15, -0.1) is 0 Å².